The van der Waals surface area contributed by atoms with Gasteiger partial charge in [0.05, 0.1) is 28.6 Å². The normalized spacial score (nSPS) is 16.6. The number of nitrogens with two attached hydrogens (primary N) is 3. The van der Waals surface area contributed by atoms with Crippen molar-refractivity contribution in [3.8, 4) is 40.1 Å². The summed E-state index contributed by atoms with van der Waals surface area (Å²) in [7, 11) is 3.05. The number of carbonyl (C=O) groups excluding carboxylic acids is 5. The molecule has 4 unspecified atom stereocenters. The zero-order valence-electron chi connectivity index (χ0n) is 39.0. The first-order valence-electron chi connectivity index (χ1n) is 22.0. The van der Waals surface area contributed by atoms with Crippen molar-refractivity contribution in [3.05, 3.63) is 94.3 Å². The van der Waals surface area contributed by atoms with Crippen molar-refractivity contribution in [2.45, 2.75) is 77.2 Å². The fraction of sp³-hybridized carbons (Fsp3) is 0.417. The minimum absolute atomic E-state index is 0.00231. The van der Waals surface area contributed by atoms with Gasteiger partial charge in [0.25, 0.3) is 5.91 Å². The second-order valence-corrected chi connectivity index (χ2v) is 16.6. The number of methoxy groups -OCH3 is 1. The summed E-state index contributed by atoms with van der Waals surface area (Å²) in [4.78, 5) is 81.1. The molecule has 5 rings (SSSR count). The quantitative estimate of drug-likeness (QED) is 0.0744. The van der Waals surface area contributed by atoms with E-state index >= 15 is 0 Å². The highest BCUT2D eigenvalue weighted by molar-refractivity contribution is 6.00. The summed E-state index contributed by atoms with van der Waals surface area (Å²) >= 11 is 0. The molecule has 4 bridgehead atoms. The fourth-order valence-electron chi connectivity index (χ4n) is 7.67. The highest BCUT2D eigenvalue weighted by Gasteiger charge is 2.36. The van der Waals surface area contributed by atoms with Crippen LogP contribution >= 0.6 is 0 Å². The van der Waals surface area contributed by atoms with Gasteiger partial charge in [-0.2, -0.15) is 5.26 Å². The van der Waals surface area contributed by atoms with Crippen LogP contribution in [0.2, 0.25) is 0 Å². The van der Waals surface area contributed by atoms with Crippen molar-refractivity contribution in [2.75, 3.05) is 53.6 Å². The first-order chi connectivity index (χ1) is 32.0. The molecule has 3 aromatic carbocycles. The molecule has 1 aliphatic heterocycles. The number of fused-ring (bicyclic) bond motifs is 5. The van der Waals surface area contributed by atoms with E-state index in [0.717, 1.165) is 11.1 Å². The molecule has 0 aliphatic carbocycles. The summed E-state index contributed by atoms with van der Waals surface area (Å²) in [5.74, 6) is -2.21. The molecule has 0 radical (unpaired) electrons. The molecule has 1 aliphatic rings. The summed E-state index contributed by atoms with van der Waals surface area (Å²) in [6.07, 6.45) is -0.0120. The third-order valence-electron chi connectivity index (χ3n) is 11.5. The Hall–Kier alpha value is -6.98. The van der Waals surface area contributed by atoms with E-state index in [1.165, 1.54) is 18.9 Å². The number of amides is 5. The first-order valence-corrected chi connectivity index (χ1v) is 22.0. The van der Waals surface area contributed by atoms with Crippen molar-refractivity contribution < 1.29 is 38.2 Å². The maximum Gasteiger partial charge on any atom is 0.255 e. The summed E-state index contributed by atoms with van der Waals surface area (Å²) in [5.41, 5.74) is 21.7. The van der Waals surface area contributed by atoms with Crippen molar-refractivity contribution in [2.24, 2.45) is 17.2 Å². The van der Waals surface area contributed by atoms with Crippen LogP contribution in [-0.2, 0) is 35.9 Å². The molecule has 0 spiro atoms. The van der Waals surface area contributed by atoms with Gasteiger partial charge in [0, 0.05) is 50.4 Å². The molecule has 4 aromatic rings. The van der Waals surface area contributed by atoms with Gasteiger partial charge < -0.3 is 57.6 Å². The van der Waals surface area contributed by atoms with E-state index in [0.29, 0.717) is 51.0 Å². The van der Waals surface area contributed by atoms with Gasteiger partial charge >= 0.3 is 0 Å². The second kappa shape index (κ2) is 23.0. The van der Waals surface area contributed by atoms with Crippen molar-refractivity contribution >= 4 is 29.5 Å². The Kier molecular flexibility index (Phi) is 17.5. The van der Waals surface area contributed by atoms with Crippen LogP contribution in [0, 0.1) is 25.2 Å². The van der Waals surface area contributed by atoms with Crippen LogP contribution in [0.5, 0.6) is 11.5 Å². The van der Waals surface area contributed by atoms with Crippen LogP contribution < -0.4 is 47.9 Å². The summed E-state index contributed by atoms with van der Waals surface area (Å²) in [5, 5.41) is 19.9. The Labute approximate surface area is 390 Å². The van der Waals surface area contributed by atoms with Crippen molar-refractivity contribution in [1.29, 1.82) is 5.26 Å². The molecule has 0 fully saturated rings. The van der Waals surface area contributed by atoms with Gasteiger partial charge in [-0.3, -0.25) is 24.0 Å². The topological polar surface area (TPSA) is 292 Å². The molecule has 0 saturated heterocycles. The van der Waals surface area contributed by atoms with Crippen LogP contribution in [0.4, 0.5) is 0 Å². The smallest absolute Gasteiger partial charge is 0.255 e. The molecular formula is C48H61N11O8. The molecular weight excluding hydrogens is 859 g/mol. The highest BCUT2D eigenvalue weighted by atomic mass is 16.5. The number of benzene rings is 3. The Bertz CT molecular complexity index is 2470. The predicted octanol–water partition coefficient (Wildman–Crippen LogP) is 1.82. The number of aromatic nitrogens is 2. The van der Waals surface area contributed by atoms with Crippen LogP contribution in [-0.4, -0.2) is 116 Å². The molecule has 19 nitrogen and oxygen atoms in total. The fourth-order valence-corrected chi connectivity index (χ4v) is 7.67. The molecule has 1 aromatic heterocycles. The molecule has 0 saturated carbocycles. The maximum atomic E-state index is 14.7. The van der Waals surface area contributed by atoms with Crippen molar-refractivity contribution in [1.82, 2.24) is 36.1 Å². The molecule has 67 heavy (non-hydrogen) atoms. The number of ether oxygens (including phenoxy) is 3. The highest BCUT2D eigenvalue weighted by Crippen LogP contribution is 2.40. The lowest BCUT2D eigenvalue weighted by Crippen LogP contribution is -2.56. The van der Waals surface area contributed by atoms with Gasteiger partial charge in [0.15, 0.2) is 5.82 Å². The lowest BCUT2D eigenvalue weighted by Gasteiger charge is -2.32. The van der Waals surface area contributed by atoms with E-state index in [9.17, 15) is 29.2 Å². The Balaban J connectivity index is 1.56. The zero-order chi connectivity index (χ0) is 49.0. The number of hydrogen-bond acceptors (Lipinski definition) is 14. The number of aryl methyl sites for hydroxylation is 2. The van der Waals surface area contributed by atoms with E-state index in [1.807, 2.05) is 44.2 Å². The van der Waals surface area contributed by atoms with Crippen LogP contribution in [0.25, 0.3) is 22.5 Å². The second-order valence-electron chi connectivity index (χ2n) is 16.6. The average molecular weight is 920 g/mol. The Morgan fingerprint density at radius 2 is 1.51 bits per heavy atom. The SMILES string of the molecule is COC(C)(C)c1ccc(-c2nc(C)c(C(=O)NC(CCN)C(=O)N(C)C3C(=O)NC(C)C(=O)NC(C(=O)NCC#N)Cc4ccc(OCCN)c(c4)-c4cc3ccc4OCCN)c(C)n2)cc1. The van der Waals surface area contributed by atoms with Crippen molar-refractivity contribution in [3.63, 3.8) is 0 Å². The average Bonchev–Trinajstić information content (AvgIpc) is 3.31. The summed E-state index contributed by atoms with van der Waals surface area (Å²) < 4.78 is 17.8. The number of hydrogen-bond donors (Lipinski definition) is 7. The summed E-state index contributed by atoms with van der Waals surface area (Å²) in [6.45, 7) is 9.05. The van der Waals surface area contributed by atoms with E-state index < -0.39 is 59.3 Å². The van der Waals surface area contributed by atoms with Crippen LogP contribution in [0.15, 0.2) is 60.7 Å². The third kappa shape index (κ3) is 12.3. The number of rotatable bonds is 17. The summed E-state index contributed by atoms with van der Waals surface area (Å²) in [6, 6.07) is 14.6. The van der Waals surface area contributed by atoms with Gasteiger partial charge in [-0.15, -0.1) is 0 Å². The van der Waals surface area contributed by atoms with Crippen LogP contribution in [0.1, 0.15) is 71.7 Å². The van der Waals surface area contributed by atoms with E-state index in [-0.39, 0.29) is 57.8 Å². The molecule has 2 heterocycles. The number of nitrogens with one attached hydrogen (secondary N) is 4. The molecule has 356 valence electrons. The van der Waals surface area contributed by atoms with Gasteiger partial charge in [-0.05, 0) is 88.5 Å². The largest absolute Gasteiger partial charge is 0.492 e. The minimum Gasteiger partial charge on any atom is -0.492 e. The first kappa shape index (κ1) is 51.0. The Morgan fingerprint density at radius 1 is 0.896 bits per heavy atom. The number of nitrogens with zero attached hydrogens (tertiary/aromatic N) is 4. The third-order valence-corrected chi connectivity index (χ3v) is 11.5. The maximum absolute atomic E-state index is 14.7. The molecule has 10 N–H and O–H groups in total. The standard InChI is InChI=1S/C48H61N11O8/c1-27-40(28(2)55-42(54-27)31-9-12-33(13-10-31)48(4,5)65-7)45(62)57-36(16-17-49)47(64)59(6)41-32-11-15-39(67-23-20-52)35(26-32)34-24-30(8-14-38(34)66-22-19-51)25-37(44(61)53-21-18-50)58-43(60)29(3)56-46(41)63/h8-15,24,26,29,36-37,41H,16-17,19-23,25,49,51-52H2,1-7H3,(H,53,61)(H,56,63)(H,57,62)(H,58,60). The lowest BCUT2D eigenvalue weighted by molar-refractivity contribution is -0.141. The number of likely N-dealkylation sites (N-methyl/N-ethyl adjacent to an activating group) is 1. The Morgan fingerprint density at radius 3 is 2.09 bits per heavy atom. The van der Waals surface area contributed by atoms with Gasteiger partial charge in [-0.25, -0.2) is 9.97 Å². The van der Waals surface area contributed by atoms with Gasteiger partial charge in [0.1, 0.15) is 55.4 Å². The molecule has 19 heteroatoms. The van der Waals surface area contributed by atoms with Gasteiger partial charge in [-0.1, -0.05) is 36.4 Å². The van der Waals surface area contributed by atoms with Crippen LogP contribution in [0.3, 0.4) is 0 Å². The van der Waals surface area contributed by atoms with E-state index in [2.05, 4.69) is 31.2 Å². The number of carbonyl (C=O) groups is 5. The monoisotopic (exact) mass is 919 g/mol. The van der Waals surface area contributed by atoms with Gasteiger partial charge in [0.2, 0.25) is 23.6 Å². The predicted molar refractivity (Wildman–Crippen MR) is 250 cm³/mol. The van der Waals surface area contributed by atoms with E-state index in [1.54, 1.807) is 57.4 Å². The minimum atomic E-state index is -1.41. The number of nitriles is 1. The molecule has 5 amide bonds. The zero-order valence-corrected chi connectivity index (χ0v) is 39.0. The lowest BCUT2D eigenvalue weighted by atomic mass is 9.93. The van der Waals surface area contributed by atoms with E-state index in [4.69, 9.17) is 31.4 Å². The molecule has 4 atom stereocenters.